The van der Waals surface area contributed by atoms with Gasteiger partial charge in [0.05, 0.1) is 7.11 Å². The Kier molecular flexibility index (Phi) is 6.43. The summed E-state index contributed by atoms with van der Waals surface area (Å²) in [6.45, 7) is 2.13. The molecule has 24 heavy (non-hydrogen) atoms. The highest BCUT2D eigenvalue weighted by Crippen LogP contribution is 2.26. The summed E-state index contributed by atoms with van der Waals surface area (Å²) in [5.41, 5.74) is 8.20. The minimum atomic E-state index is -0.408. The van der Waals surface area contributed by atoms with Crippen LogP contribution in [0.5, 0.6) is 11.5 Å². The number of aryl methyl sites for hydroxylation is 1. The minimum absolute atomic E-state index is 0.408. The second-order valence-electron chi connectivity index (χ2n) is 5.50. The van der Waals surface area contributed by atoms with Crippen molar-refractivity contribution in [3.63, 3.8) is 0 Å². The Morgan fingerprint density at radius 3 is 2.58 bits per heavy atom. The quantitative estimate of drug-likeness (QED) is 0.358. The molecular weight excluding hydrogens is 302 g/mol. The Balaban J connectivity index is 2.08. The average molecular weight is 325 g/mol. The molecule has 0 amide bonds. The van der Waals surface area contributed by atoms with Gasteiger partial charge in [-0.2, -0.15) is 0 Å². The maximum absolute atomic E-state index is 12.1. The number of unbranched alkanes of at least 4 members (excludes halogenated alkanes) is 1. The summed E-state index contributed by atoms with van der Waals surface area (Å²) < 4.78 is 10.7. The van der Waals surface area contributed by atoms with Crippen LogP contribution in [-0.4, -0.2) is 13.1 Å². The van der Waals surface area contributed by atoms with Crippen molar-refractivity contribution in [2.24, 2.45) is 0 Å². The number of carbonyl (C=O) groups excluding carboxylic acids is 1. The number of anilines is 1. The lowest BCUT2D eigenvalue weighted by molar-refractivity contribution is -0.128. The van der Waals surface area contributed by atoms with E-state index in [0.29, 0.717) is 11.4 Å². The number of carbonyl (C=O) groups is 1. The number of ether oxygens (including phenoxy) is 2. The van der Waals surface area contributed by atoms with Gasteiger partial charge in [-0.05, 0) is 60.4 Å². The van der Waals surface area contributed by atoms with Crippen LogP contribution in [0.2, 0.25) is 0 Å². The van der Waals surface area contributed by atoms with Crippen molar-refractivity contribution < 1.29 is 14.3 Å². The van der Waals surface area contributed by atoms with Crippen LogP contribution in [0.4, 0.5) is 5.69 Å². The van der Waals surface area contributed by atoms with E-state index in [4.69, 9.17) is 15.2 Å². The Morgan fingerprint density at radius 1 is 1.17 bits per heavy atom. The molecule has 0 unspecified atom stereocenters. The zero-order valence-corrected chi connectivity index (χ0v) is 14.1. The summed E-state index contributed by atoms with van der Waals surface area (Å²) in [4.78, 5) is 12.1. The van der Waals surface area contributed by atoms with Crippen molar-refractivity contribution in [3.8, 4) is 11.5 Å². The third kappa shape index (κ3) is 5.16. The highest BCUT2D eigenvalue weighted by Gasteiger charge is 2.09. The molecule has 0 bridgehead atoms. The fraction of sp³-hybridized carbons (Fsp3) is 0.250. The van der Waals surface area contributed by atoms with Crippen LogP contribution in [0.1, 0.15) is 30.9 Å². The van der Waals surface area contributed by atoms with Gasteiger partial charge >= 0.3 is 5.97 Å². The number of nitrogens with two attached hydrogens (primary N) is 1. The summed E-state index contributed by atoms with van der Waals surface area (Å²) in [6, 6.07) is 12.8. The summed E-state index contributed by atoms with van der Waals surface area (Å²) in [7, 11) is 1.62. The van der Waals surface area contributed by atoms with Crippen LogP contribution in [0.3, 0.4) is 0 Å². The first-order valence-electron chi connectivity index (χ1n) is 8.04. The maximum atomic E-state index is 12.1. The fourth-order valence-corrected chi connectivity index (χ4v) is 2.26. The molecule has 0 radical (unpaired) electrons. The first kappa shape index (κ1) is 17.6. The van der Waals surface area contributed by atoms with Gasteiger partial charge in [-0.1, -0.05) is 25.5 Å². The van der Waals surface area contributed by atoms with E-state index in [1.807, 2.05) is 18.2 Å². The Morgan fingerprint density at radius 2 is 1.92 bits per heavy atom. The summed E-state index contributed by atoms with van der Waals surface area (Å²) in [5, 5.41) is 0. The van der Waals surface area contributed by atoms with Crippen molar-refractivity contribution in [3.05, 3.63) is 59.7 Å². The van der Waals surface area contributed by atoms with Gasteiger partial charge in [0.1, 0.15) is 11.5 Å². The lowest BCUT2D eigenvalue weighted by atomic mass is 10.1. The molecule has 126 valence electrons. The molecule has 4 nitrogen and oxygen atoms in total. The predicted octanol–water partition coefficient (Wildman–Crippen LogP) is 4.24. The molecule has 2 aromatic carbocycles. The average Bonchev–Trinajstić information content (AvgIpc) is 2.60. The molecule has 2 N–H and O–H groups in total. The number of nitrogen functional groups attached to an aromatic ring is 1. The third-order valence-electron chi connectivity index (χ3n) is 3.63. The topological polar surface area (TPSA) is 61.5 Å². The molecule has 0 spiro atoms. The van der Waals surface area contributed by atoms with E-state index in [0.717, 1.165) is 36.1 Å². The zero-order valence-electron chi connectivity index (χ0n) is 14.1. The van der Waals surface area contributed by atoms with Gasteiger partial charge in [0.2, 0.25) is 0 Å². The Labute approximate surface area is 142 Å². The highest BCUT2D eigenvalue weighted by molar-refractivity contribution is 5.89. The van der Waals surface area contributed by atoms with Crippen LogP contribution >= 0.6 is 0 Å². The van der Waals surface area contributed by atoms with E-state index in [2.05, 4.69) is 6.92 Å². The van der Waals surface area contributed by atoms with Crippen LogP contribution in [0.15, 0.2) is 48.5 Å². The third-order valence-corrected chi connectivity index (χ3v) is 3.63. The van der Waals surface area contributed by atoms with Gasteiger partial charge in [-0.15, -0.1) is 0 Å². The molecule has 0 atom stereocenters. The lowest BCUT2D eigenvalue weighted by Gasteiger charge is -2.10. The van der Waals surface area contributed by atoms with Crippen LogP contribution < -0.4 is 15.2 Å². The molecular formula is C20H23NO3. The van der Waals surface area contributed by atoms with Gasteiger partial charge in [0.25, 0.3) is 0 Å². The molecule has 0 aromatic heterocycles. The molecule has 0 heterocycles. The van der Waals surface area contributed by atoms with Gasteiger partial charge in [0.15, 0.2) is 0 Å². The first-order chi connectivity index (χ1) is 11.6. The summed E-state index contributed by atoms with van der Waals surface area (Å²) in [5.74, 6) is 0.935. The molecule has 2 aromatic rings. The Bertz CT molecular complexity index is 705. The van der Waals surface area contributed by atoms with Crippen LogP contribution in [0.25, 0.3) is 6.08 Å². The normalized spacial score (nSPS) is 10.8. The number of rotatable bonds is 7. The number of hydrogen-bond donors (Lipinski definition) is 1. The Hall–Kier alpha value is -2.75. The number of methoxy groups -OCH3 is 1. The molecule has 0 aliphatic heterocycles. The smallest absolute Gasteiger partial charge is 0.336 e. The molecule has 0 fully saturated rings. The molecule has 2 rings (SSSR count). The first-order valence-corrected chi connectivity index (χ1v) is 8.04. The van der Waals surface area contributed by atoms with E-state index < -0.39 is 5.97 Å². The lowest BCUT2D eigenvalue weighted by Crippen LogP contribution is -2.06. The van der Waals surface area contributed by atoms with E-state index in [1.165, 1.54) is 6.08 Å². The van der Waals surface area contributed by atoms with Gasteiger partial charge in [-0.25, -0.2) is 4.79 Å². The van der Waals surface area contributed by atoms with E-state index >= 15 is 0 Å². The molecule has 0 saturated heterocycles. The van der Waals surface area contributed by atoms with Crippen LogP contribution in [-0.2, 0) is 11.2 Å². The van der Waals surface area contributed by atoms with Crippen molar-refractivity contribution in [1.29, 1.82) is 0 Å². The second-order valence-corrected chi connectivity index (χ2v) is 5.50. The second kappa shape index (κ2) is 8.77. The molecule has 4 heteroatoms. The zero-order chi connectivity index (χ0) is 17.4. The largest absolute Gasteiger partial charge is 0.497 e. The predicted molar refractivity (Wildman–Crippen MR) is 97.1 cm³/mol. The monoisotopic (exact) mass is 325 g/mol. The number of benzene rings is 2. The maximum Gasteiger partial charge on any atom is 0.336 e. The number of hydrogen-bond acceptors (Lipinski definition) is 4. The van der Waals surface area contributed by atoms with Gasteiger partial charge in [-0.3, -0.25) is 0 Å². The van der Waals surface area contributed by atoms with Gasteiger partial charge in [0, 0.05) is 11.8 Å². The summed E-state index contributed by atoms with van der Waals surface area (Å²) >= 11 is 0. The fourth-order valence-electron chi connectivity index (χ4n) is 2.26. The summed E-state index contributed by atoms with van der Waals surface area (Å²) in [6.07, 6.45) is 6.06. The van der Waals surface area contributed by atoms with E-state index in [9.17, 15) is 4.79 Å². The van der Waals surface area contributed by atoms with Crippen molar-refractivity contribution in [2.75, 3.05) is 12.8 Å². The standard InChI is InChI=1S/C20H23NO3/c1-3-4-5-16-14-18(23-2)11-12-19(16)24-20(22)13-8-15-6-9-17(21)10-7-15/h6-14H,3-5,21H2,1-2H3. The van der Waals surface area contributed by atoms with E-state index in [-0.39, 0.29) is 0 Å². The SMILES string of the molecule is CCCCc1cc(OC)ccc1OC(=O)C=Cc1ccc(N)cc1. The van der Waals surface area contributed by atoms with Crippen molar-refractivity contribution >= 4 is 17.7 Å². The van der Waals surface area contributed by atoms with Crippen LogP contribution in [0, 0.1) is 0 Å². The van der Waals surface area contributed by atoms with E-state index in [1.54, 1.807) is 37.5 Å². The van der Waals surface area contributed by atoms with Gasteiger partial charge < -0.3 is 15.2 Å². The highest BCUT2D eigenvalue weighted by atomic mass is 16.5. The van der Waals surface area contributed by atoms with Crippen molar-refractivity contribution in [2.45, 2.75) is 26.2 Å². The molecule has 0 aliphatic carbocycles. The van der Waals surface area contributed by atoms with Crippen molar-refractivity contribution in [1.82, 2.24) is 0 Å². The molecule has 0 saturated carbocycles. The minimum Gasteiger partial charge on any atom is -0.497 e. The number of esters is 1. The molecule has 0 aliphatic rings.